The van der Waals surface area contributed by atoms with E-state index in [0.29, 0.717) is 0 Å². The first kappa shape index (κ1) is 10.6. The highest BCUT2D eigenvalue weighted by Gasteiger charge is 1.98. The number of nitrogens with zero attached hydrogens (tertiary/aromatic N) is 1. The average Bonchev–Trinajstić information content (AvgIpc) is 2.52. The Hall–Kier alpha value is -0.450. The molecule has 0 saturated carbocycles. The van der Waals surface area contributed by atoms with Crippen LogP contribution < -0.4 is 10.6 Å². The van der Waals surface area contributed by atoms with Crippen LogP contribution in [0, 0.1) is 6.92 Å². The molecule has 1 aromatic heterocycles. The lowest BCUT2D eigenvalue weighted by Gasteiger charge is -2.03. The van der Waals surface area contributed by atoms with Gasteiger partial charge in [-0.1, -0.05) is 6.92 Å². The molecule has 0 fully saturated rings. The first-order chi connectivity index (χ1) is 6.34. The lowest BCUT2D eigenvalue weighted by molar-refractivity contribution is 0.627. The van der Waals surface area contributed by atoms with Crippen molar-refractivity contribution in [1.29, 1.82) is 0 Å². The summed E-state index contributed by atoms with van der Waals surface area (Å²) in [6, 6.07) is 0. The molecule has 13 heavy (non-hydrogen) atoms. The molecule has 3 nitrogen and oxygen atoms in total. The number of likely N-dealkylation sites (N-methyl/N-ethyl adjacent to an activating group) is 1. The van der Waals surface area contributed by atoms with Gasteiger partial charge in [-0.05, 0) is 13.5 Å². The summed E-state index contributed by atoms with van der Waals surface area (Å²) < 4.78 is 0. The molecule has 0 saturated heterocycles. The number of aryl methyl sites for hydroxylation is 1. The van der Waals surface area contributed by atoms with Crippen molar-refractivity contribution in [1.82, 2.24) is 15.6 Å². The first-order valence-electron chi connectivity index (χ1n) is 4.65. The van der Waals surface area contributed by atoms with Crippen LogP contribution in [-0.4, -0.2) is 24.6 Å². The third-order valence-corrected chi connectivity index (χ3v) is 2.79. The second-order valence-electron chi connectivity index (χ2n) is 2.89. The molecule has 0 radical (unpaired) electrons. The Bertz CT molecular complexity index is 235. The molecule has 1 aromatic rings. The van der Waals surface area contributed by atoms with Crippen LogP contribution in [0.15, 0.2) is 5.51 Å². The van der Waals surface area contributed by atoms with Gasteiger partial charge in [-0.25, -0.2) is 4.98 Å². The van der Waals surface area contributed by atoms with Crippen molar-refractivity contribution >= 4 is 11.3 Å². The molecule has 0 unspecified atom stereocenters. The fourth-order valence-electron chi connectivity index (χ4n) is 1.05. The zero-order valence-corrected chi connectivity index (χ0v) is 9.08. The topological polar surface area (TPSA) is 37.0 Å². The van der Waals surface area contributed by atoms with E-state index in [9.17, 15) is 0 Å². The number of nitrogens with one attached hydrogen (secondary N) is 2. The van der Waals surface area contributed by atoms with E-state index in [1.165, 1.54) is 4.88 Å². The fourth-order valence-corrected chi connectivity index (χ4v) is 1.80. The average molecular weight is 199 g/mol. The third-order valence-electron chi connectivity index (χ3n) is 1.86. The summed E-state index contributed by atoms with van der Waals surface area (Å²) in [5, 5.41) is 6.64. The van der Waals surface area contributed by atoms with Gasteiger partial charge < -0.3 is 10.6 Å². The Morgan fingerprint density at radius 1 is 1.38 bits per heavy atom. The molecule has 1 heterocycles. The van der Waals surface area contributed by atoms with Gasteiger partial charge in [-0.15, -0.1) is 11.3 Å². The van der Waals surface area contributed by atoms with Crippen molar-refractivity contribution in [3.63, 3.8) is 0 Å². The van der Waals surface area contributed by atoms with Crippen LogP contribution in [0.5, 0.6) is 0 Å². The van der Waals surface area contributed by atoms with Crippen LogP contribution in [0.3, 0.4) is 0 Å². The number of hydrogen-bond acceptors (Lipinski definition) is 4. The fraction of sp³-hybridized carbons (Fsp3) is 0.667. The summed E-state index contributed by atoms with van der Waals surface area (Å²) in [5.41, 5.74) is 3.05. The van der Waals surface area contributed by atoms with E-state index in [-0.39, 0.29) is 0 Å². The standard InChI is InChI=1S/C9H17N3S/c1-3-10-4-5-11-6-9-8(2)12-7-13-9/h7,10-11H,3-6H2,1-2H3. The van der Waals surface area contributed by atoms with Gasteiger partial charge in [0.05, 0.1) is 11.2 Å². The van der Waals surface area contributed by atoms with E-state index in [4.69, 9.17) is 0 Å². The molecule has 0 atom stereocenters. The van der Waals surface area contributed by atoms with Gasteiger partial charge in [0.2, 0.25) is 0 Å². The Morgan fingerprint density at radius 2 is 2.15 bits per heavy atom. The van der Waals surface area contributed by atoms with Crippen LogP contribution in [0.4, 0.5) is 0 Å². The number of thiazole rings is 1. The van der Waals surface area contributed by atoms with Crippen LogP contribution in [0.25, 0.3) is 0 Å². The first-order valence-corrected chi connectivity index (χ1v) is 5.53. The zero-order chi connectivity index (χ0) is 9.52. The van der Waals surface area contributed by atoms with E-state index in [2.05, 4.69) is 29.5 Å². The molecule has 0 amide bonds. The minimum atomic E-state index is 0.946. The maximum atomic E-state index is 4.19. The molecule has 2 N–H and O–H groups in total. The lowest BCUT2D eigenvalue weighted by atomic mass is 10.4. The molecule has 0 bridgehead atoms. The van der Waals surface area contributed by atoms with Crippen LogP contribution in [0.2, 0.25) is 0 Å². The Balaban J connectivity index is 2.10. The third kappa shape index (κ3) is 3.85. The molecule has 74 valence electrons. The van der Waals surface area contributed by atoms with E-state index < -0.39 is 0 Å². The van der Waals surface area contributed by atoms with Gasteiger partial charge in [0, 0.05) is 24.5 Å². The summed E-state index contributed by atoms with van der Waals surface area (Å²) in [4.78, 5) is 5.54. The molecule has 0 aliphatic heterocycles. The van der Waals surface area contributed by atoms with Crippen molar-refractivity contribution in [3.8, 4) is 0 Å². The molecular formula is C9H17N3S. The summed E-state index contributed by atoms with van der Waals surface area (Å²) in [6.45, 7) is 8.22. The van der Waals surface area contributed by atoms with E-state index in [0.717, 1.165) is 31.9 Å². The summed E-state index contributed by atoms with van der Waals surface area (Å²) in [6.07, 6.45) is 0. The maximum Gasteiger partial charge on any atom is 0.0798 e. The van der Waals surface area contributed by atoms with Gasteiger partial charge in [0.25, 0.3) is 0 Å². The van der Waals surface area contributed by atoms with Crippen molar-refractivity contribution in [2.75, 3.05) is 19.6 Å². The molecule has 0 aliphatic carbocycles. The highest BCUT2D eigenvalue weighted by Crippen LogP contribution is 2.10. The van der Waals surface area contributed by atoms with Gasteiger partial charge in [0.15, 0.2) is 0 Å². The van der Waals surface area contributed by atoms with Gasteiger partial charge in [-0.2, -0.15) is 0 Å². The van der Waals surface area contributed by atoms with Crippen molar-refractivity contribution in [2.45, 2.75) is 20.4 Å². The minimum absolute atomic E-state index is 0.946. The predicted molar refractivity (Wildman–Crippen MR) is 57.1 cm³/mol. The normalized spacial score (nSPS) is 10.6. The van der Waals surface area contributed by atoms with Gasteiger partial charge >= 0.3 is 0 Å². The summed E-state index contributed by atoms with van der Waals surface area (Å²) in [7, 11) is 0. The molecule has 4 heteroatoms. The van der Waals surface area contributed by atoms with Crippen LogP contribution in [0.1, 0.15) is 17.5 Å². The number of hydrogen-bond donors (Lipinski definition) is 2. The minimum Gasteiger partial charge on any atom is -0.316 e. The van der Waals surface area contributed by atoms with Crippen molar-refractivity contribution in [2.24, 2.45) is 0 Å². The lowest BCUT2D eigenvalue weighted by Crippen LogP contribution is -2.26. The maximum absolute atomic E-state index is 4.19. The highest BCUT2D eigenvalue weighted by atomic mass is 32.1. The second-order valence-corrected chi connectivity index (χ2v) is 3.83. The number of rotatable bonds is 6. The monoisotopic (exact) mass is 199 g/mol. The highest BCUT2D eigenvalue weighted by molar-refractivity contribution is 7.09. The van der Waals surface area contributed by atoms with E-state index >= 15 is 0 Å². The number of aromatic nitrogens is 1. The van der Waals surface area contributed by atoms with E-state index in [1.54, 1.807) is 11.3 Å². The van der Waals surface area contributed by atoms with E-state index in [1.807, 2.05) is 5.51 Å². The Kier molecular flexibility index (Phi) is 4.97. The Labute approximate surface area is 83.6 Å². The Morgan fingerprint density at radius 3 is 2.77 bits per heavy atom. The molecular weight excluding hydrogens is 182 g/mol. The largest absolute Gasteiger partial charge is 0.316 e. The zero-order valence-electron chi connectivity index (χ0n) is 8.26. The SMILES string of the molecule is CCNCCNCc1scnc1C. The second kappa shape index (κ2) is 6.07. The summed E-state index contributed by atoms with van der Waals surface area (Å²) >= 11 is 1.72. The summed E-state index contributed by atoms with van der Waals surface area (Å²) in [5.74, 6) is 0. The van der Waals surface area contributed by atoms with Crippen LogP contribution >= 0.6 is 11.3 Å². The van der Waals surface area contributed by atoms with Gasteiger partial charge in [0.1, 0.15) is 0 Å². The van der Waals surface area contributed by atoms with Gasteiger partial charge in [-0.3, -0.25) is 0 Å². The van der Waals surface area contributed by atoms with Crippen molar-refractivity contribution in [3.05, 3.63) is 16.1 Å². The van der Waals surface area contributed by atoms with Crippen LogP contribution in [-0.2, 0) is 6.54 Å². The van der Waals surface area contributed by atoms with Crippen molar-refractivity contribution < 1.29 is 0 Å². The predicted octanol–water partition coefficient (Wildman–Crippen LogP) is 1.15. The quantitative estimate of drug-likeness (QED) is 0.675. The smallest absolute Gasteiger partial charge is 0.0798 e. The molecule has 0 aromatic carbocycles. The molecule has 0 spiro atoms. The molecule has 1 rings (SSSR count). The molecule has 0 aliphatic rings.